The molecule has 0 spiro atoms. The first-order valence-corrected chi connectivity index (χ1v) is 6.34. The molecule has 76 valence electrons. The summed E-state index contributed by atoms with van der Waals surface area (Å²) < 4.78 is 0. The minimum Gasteiger partial charge on any atom is -0.348 e. The molecule has 2 fully saturated rings. The van der Waals surface area contributed by atoms with Gasteiger partial charge in [0.05, 0.1) is 5.75 Å². The van der Waals surface area contributed by atoms with E-state index in [9.17, 15) is 4.79 Å². The smallest absolute Gasteiger partial charge is 0.258 e. The van der Waals surface area contributed by atoms with Crippen LogP contribution >= 0.6 is 11.8 Å². The summed E-state index contributed by atoms with van der Waals surface area (Å²) in [6.45, 7) is 1.12. The molecule has 4 heteroatoms. The van der Waals surface area contributed by atoms with Crippen molar-refractivity contribution < 1.29 is 4.79 Å². The average molecular weight is 210 g/mol. The van der Waals surface area contributed by atoms with Crippen molar-refractivity contribution in [2.75, 3.05) is 12.3 Å². The number of likely N-dealkylation sites (tertiary alicyclic amines) is 1. The third-order valence-electron chi connectivity index (χ3n) is 3.55. The Morgan fingerprint density at radius 3 is 3.07 bits per heavy atom. The maximum absolute atomic E-state index is 11.1. The Labute approximate surface area is 87.9 Å². The molecule has 0 N–H and O–H groups in total. The molecule has 0 bridgehead atoms. The molecular weight excluding hydrogens is 196 g/mol. The molecule has 1 saturated carbocycles. The first-order chi connectivity index (χ1) is 6.84. The minimum atomic E-state index is 0.0476. The third-order valence-corrected chi connectivity index (χ3v) is 4.53. The third kappa shape index (κ3) is 1.28. The highest BCUT2D eigenvalue weighted by atomic mass is 32.2. The van der Waals surface area contributed by atoms with Crippen LogP contribution in [0.25, 0.3) is 0 Å². The fourth-order valence-corrected chi connectivity index (χ4v) is 3.79. The molecule has 0 aromatic carbocycles. The summed E-state index contributed by atoms with van der Waals surface area (Å²) in [4.78, 5) is 17.5. The lowest BCUT2D eigenvalue weighted by atomic mass is 10.1. The highest BCUT2D eigenvalue weighted by Crippen LogP contribution is 2.39. The van der Waals surface area contributed by atoms with Crippen LogP contribution in [0.4, 0.5) is 0 Å². The van der Waals surface area contributed by atoms with Gasteiger partial charge in [0.25, 0.3) is 5.91 Å². The van der Waals surface area contributed by atoms with Crippen LogP contribution in [0.2, 0.25) is 0 Å². The number of hydrogen-bond acceptors (Lipinski definition) is 3. The van der Waals surface area contributed by atoms with Crippen molar-refractivity contribution in [3.63, 3.8) is 0 Å². The zero-order valence-electron chi connectivity index (χ0n) is 8.11. The number of thioether (sulfide) groups is 1. The lowest BCUT2D eigenvalue weighted by Crippen LogP contribution is -2.33. The number of fused-ring (bicyclic) bond motifs is 1. The molecule has 2 heterocycles. The average Bonchev–Trinajstić information content (AvgIpc) is 2.77. The van der Waals surface area contributed by atoms with E-state index < -0.39 is 0 Å². The Hall–Kier alpha value is -0.510. The van der Waals surface area contributed by atoms with E-state index in [1.165, 1.54) is 25.7 Å². The molecule has 2 unspecified atom stereocenters. The van der Waals surface area contributed by atoms with Gasteiger partial charge >= 0.3 is 0 Å². The van der Waals surface area contributed by atoms with E-state index in [1.807, 2.05) is 0 Å². The first-order valence-electron chi connectivity index (χ1n) is 5.35. The maximum Gasteiger partial charge on any atom is 0.258 e. The van der Waals surface area contributed by atoms with Crippen LogP contribution in [0.5, 0.6) is 0 Å². The topological polar surface area (TPSA) is 32.7 Å². The number of amides is 1. The summed E-state index contributed by atoms with van der Waals surface area (Å²) in [7, 11) is 0. The van der Waals surface area contributed by atoms with Crippen LogP contribution in [-0.4, -0.2) is 34.3 Å². The number of carbonyl (C=O) groups excluding carboxylic acids is 1. The molecule has 14 heavy (non-hydrogen) atoms. The minimum absolute atomic E-state index is 0.0476. The molecule has 1 amide bonds. The van der Waals surface area contributed by atoms with Gasteiger partial charge in [-0.3, -0.25) is 4.79 Å². The highest BCUT2D eigenvalue weighted by Gasteiger charge is 2.40. The van der Waals surface area contributed by atoms with Crippen LogP contribution in [0.15, 0.2) is 4.99 Å². The largest absolute Gasteiger partial charge is 0.348 e. The van der Waals surface area contributed by atoms with Crippen LogP contribution in [-0.2, 0) is 4.79 Å². The van der Waals surface area contributed by atoms with Gasteiger partial charge in [0.1, 0.15) is 0 Å². The van der Waals surface area contributed by atoms with Crippen molar-refractivity contribution in [3.8, 4) is 0 Å². The highest BCUT2D eigenvalue weighted by molar-refractivity contribution is 8.14. The fourth-order valence-electron chi connectivity index (χ4n) is 2.92. The molecule has 3 aliphatic rings. The van der Waals surface area contributed by atoms with E-state index in [1.54, 1.807) is 11.8 Å². The Bertz CT molecular complexity index is 302. The Morgan fingerprint density at radius 1 is 1.36 bits per heavy atom. The molecule has 3 nitrogen and oxygen atoms in total. The second-order valence-electron chi connectivity index (χ2n) is 4.32. The Morgan fingerprint density at radius 2 is 2.29 bits per heavy atom. The normalized spacial score (nSPS) is 36.4. The van der Waals surface area contributed by atoms with Gasteiger partial charge in [-0.1, -0.05) is 18.2 Å². The zero-order chi connectivity index (χ0) is 9.54. The van der Waals surface area contributed by atoms with Crippen molar-refractivity contribution in [3.05, 3.63) is 0 Å². The standard InChI is InChI=1S/C10H14N2OS/c13-9-6-14-10(11-9)12-5-4-7-2-1-3-8(7)12/h7-8H,1-6H2. The molecular formula is C10H14N2OS. The summed E-state index contributed by atoms with van der Waals surface area (Å²) in [5, 5.41) is 1.00. The van der Waals surface area contributed by atoms with E-state index in [2.05, 4.69) is 9.89 Å². The van der Waals surface area contributed by atoms with Crippen molar-refractivity contribution in [2.45, 2.75) is 31.7 Å². The molecule has 3 rings (SSSR count). The molecule has 2 aliphatic heterocycles. The van der Waals surface area contributed by atoms with Gasteiger partial charge in [0.2, 0.25) is 0 Å². The Balaban J connectivity index is 1.79. The predicted octanol–water partition coefficient (Wildman–Crippen LogP) is 1.49. The van der Waals surface area contributed by atoms with E-state index in [0.717, 1.165) is 17.6 Å². The lowest BCUT2D eigenvalue weighted by molar-refractivity contribution is -0.115. The van der Waals surface area contributed by atoms with E-state index in [4.69, 9.17) is 0 Å². The number of aliphatic imine (C=N–C) groups is 1. The van der Waals surface area contributed by atoms with Crippen molar-refractivity contribution >= 4 is 22.8 Å². The summed E-state index contributed by atoms with van der Waals surface area (Å²) in [5.41, 5.74) is 0. The summed E-state index contributed by atoms with van der Waals surface area (Å²) in [6.07, 6.45) is 5.35. The van der Waals surface area contributed by atoms with Crippen LogP contribution in [0, 0.1) is 5.92 Å². The Kier molecular flexibility index (Phi) is 2.04. The van der Waals surface area contributed by atoms with Crippen molar-refractivity contribution in [1.82, 2.24) is 4.90 Å². The van der Waals surface area contributed by atoms with Gasteiger partial charge in [-0.05, 0) is 25.2 Å². The van der Waals surface area contributed by atoms with Crippen LogP contribution in [0.3, 0.4) is 0 Å². The van der Waals surface area contributed by atoms with E-state index >= 15 is 0 Å². The molecule has 2 atom stereocenters. The summed E-state index contributed by atoms with van der Waals surface area (Å²) in [6, 6.07) is 0.701. The molecule has 0 radical (unpaired) electrons. The number of amidine groups is 1. The van der Waals surface area contributed by atoms with E-state index in [-0.39, 0.29) is 5.91 Å². The number of carbonyl (C=O) groups is 1. The van der Waals surface area contributed by atoms with Crippen molar-refractivity contribution in [2.24, 2.45) is 10.9 Å². The SMILES string of the molecule is O=C1CSC(N2CCC3CCCC32)=N1. The fraction of sp³-hybridized carbons (Fsp3) is 0.800. The molecule has 1 aliphatic carbocycles. The molecule has 1 saturated heterocycles. The van der Waals surface area contributed by atoms with Crippen LogP contribution in [0.1, 0.15) is 25.7 Å². The van der Waals surface area contributed by atoms with Gasteiger partial charge in [-0.25, -0.2) is 0 Å². The van der Waals surface area contributed by atoms with Gasteiger partial charge in [0, 0.05) is 12.6 Å². The van der Waals surface area contributed by atoms with Crippen molar-refractivity contribution in [1.29, 1.82) is 0 Å². The summed E-state index contributed by atoms with van der Waals surface area (Å²) in [5.74, 6) is 1.49. The second kappa shape index (κ2) is 3.26. The summed E-state index contributed by atoms with van der Waals surface area (Å²) >= 11 is 1.62. The van der Waals surface area contributed by atoms with Gasteiger partial charge in [0.15, 0.2) is 5.17 Å². The van der Waals surface area contributed by atoms with Gasteiger partial charge in [-0.15, -0.1) is 0 Å². The predicted molar refractivity (Wildman–Crippen MR) is 57.4 cm³/mol. The van der Waals surface area contributed by atoms with Gasteiger partial charge in [-0.2, -0.15) is 4.99 Å². The zero-order valence-corrected chi connectivity index (χ0v) is 8.92. The lowest BCUT2D eigenvalue weighted by Gasteiger charge is -2.24. The first kappa shape index (κ1) is 8.77. The van der Waals surface area contributed by atoms with Crippen LogP contribution < -0.4 is 0 Å². The second-order valence-corrected chi connectivity index (χ2v) is 5.26. The van der Waals surface area contributed by atoms with E-state index in [0.29, 0.717) is 11.8 Å². The number of hydrogen-bond donors (Lipinski definition) is 0. The van der Waals surface area contributed by atoms with Gasteiger partial charge < -0.3 is 4.90 Å². The monoisotopic (exact) mass is 210 g/mol. The number of rotatable bonds is 0. The quantitative estimate of drug-likeness (QED) is 0.607. The maximum atomic E-state index is 11.1. The molecule has 0 aromatic heterocycles. The molecule has 0 aromatic rings. The number of nitrogens with zero attached hydrogens (tertiary/aromatic N) is 2.